The summed E-state index contributed by atoms with van der Waals surface area (Å²) in [6.45, 7) is 11.4. The summed E-state index contributed by atoms with van der Waals surface area (Å²) in [4.78, 5) is 60.8. The average molecular weight is 2190 g/mol. The van der Waals surface area contributed by atoms with Gasteiger partial charge in [0.25, 0.3) is 6.47 Å². The summed E-state index contributed by atoms with van der Waals surface area (Å²) in [7, 11) is 2.67. The van der Waals surface area contributed by atoms with Crippen LogP contribution in [0.4, 0.5) is 52.7 Å². The van der Waals surface area contributed by atoms with Crippen molar-refractivity contribution in [1.29, 1.82) is 0 Å². The molecule has 0 radical (unpaired) electrons. The average Bonchev–Trinajstić information content (AvgIpc) is 1.67. The van der Waals surface area contributed by atoms with Crippen LogP contribution in [0.25, 0.3) is 55.7 Å². The fraction of sp³-hybridized carbons (Fsp3) is 0.247. The first kappa shape index (κ1) is 109. The molecule has 1 unspecified atom stereocenters. The molecule has 702 valence electrons. The molecule has 0 spiro atoms. The number of benzene rings is 8. The minimum atomic E-state index is -4.41. The van der Waals surface area contributed by atoms with E-state index in [0.717, 1.165) is 81.8 Å². The van der Waals surface area contributed by atoms with Gasteiger partial charge in [-0.3, -0.25) is 24.0 Å². The predicted molar refractivity (Wildman–Crippen MR) is 450 cm³/mol. The molecule has 0 bridgehead atoms. The van der Waals surface area contributed by atoms with Gasteiger partial charge in [-0.25, -0.2) is 0 Å². The van der Waals surface area contributed by atoms with Gasteiger partial charge < -0.3 is 68.6 Å². The fourth-order valence-electron chi connectivity index (χ4n) is 12.3. The third-order valence-corrected chi connectivity index (χ3v) is 19.7. The minimum Gasteiger partial charge on any atom is -1.00 e. The van der Waals surface area contributed by atoms with Crippen LogP contribution < -0.4 is 162 Å². The second-order valence-corrected chi connectivity index (χ2v) is 28.7. The maximum Gasteiger partial charge on any atom is 1.00 e. The number of methoxy groups -OCH3 is 2. The van der Waals surface area contributed by atoms with Crippen molar-refractivity contribution in [1.82, 2.24) is 60.0 Å². The van der Waals surface area contributed by atoms with Gasteiger partial charge in [0.1, 0.15) is 82.4 Å². The summed E-state index contributed by atoms with van der Waals surface area (Å²) in [5.41, 5.74) is 8.13. The molecule has 1 aliphatic heterocycles. The third-order valence-electron chi connectivity index (χ3n) is 19.2. The van der Waals surface area contributed by atoms with Crippen LogP contribution in [0.5, 0.6) is 28.7 Å². The molecule has 8 aromatic carbocycles. The van der Waals surface area contributed by atoms with Gasteiger partial charge in [0.2, 0.25) is 0 Å². The molecule has 31 nitrogen and oxygen atoms in total. The van der Waals surface area contributed by atoms with Crippen molar-refractivity contribution in [3.05, 3.63) is 279 Å². The number of esters is 2. The van der Waals surface area contributed by atoms with E-state index < -0.39 is 58.9 Å². The Morgan fingerprint density at radius 3 is 1.06 bits per heavy atom. The molecule has 3 N–H and O–H groups in total. The van der Waals surface area contributed by atoms with Crippen molar-refractivity contribution in [2.45, 2.75) is 123 Å². The first-order valence-corrected chi connectivity index (χ1v) is 40.4. The summed E-state index contributed by atoms with van der Waals surface area (Å²) in [5.74, 6) is -0.415. The summed E-state index contributed by atoms with van der Waals surface area (Å²) >= 11 is 3.27. The number of phenolic OH excluding ortho intramolecular Hbond substituents is 1. The zero-order valence-electron chi connectivity index (χ0n) is 74.1. The number of alkyl halides is 13. The molecule has 0 saturated carbocycles. The van der Waals surface area contributed by atoms with E-state index in [1.165, 1.54) is 107 Å². The van der Waals surface area contributed by atoms with Crippen molar-refractivity contribution < 1.29 is 283 Å². The van der Waals surface area contributed by atoms with E-state index in [-0.39, 0.29) is 215 Å². The zero-order chi connectivity index (χ0) is 96.8. The van der Waals surface area contributed by atoms with Crippen LogP contribution in [0, 0.1) is 27.7 Å². The molecule has 46 heteroatoms. The number of phenols is 1. The van der Waals surface area contributed by atoms with E-state index in [9.17, 15) is 77.0 Å². The number of aromatic hydroxyl groups is 1. The summed E-state index contributed by atoms with van der Waals surface area (Å²) < 4.78 is 200. The second-order valence-electron chi connectivity index (χ2n) is 28.1. The number of rotatable bonds is 23. The van der Waals surface area contributed by atoms with E-state index in [4.69, 9.17) is 52.5 Å². The number of nitrogens with zero attached hydrogens (tertiary/aromatic N) is 12. The molecule has 16 rings (SSSR count). The number of carbonyl (C=O) groups is 5. The number of carboxylic acid groups (broad SMARTS) is 2. The maximum atomic E-state index is 12.7. The van der Waals surface area contributed by atoms with Crippen LogP contribution in [-0.4, -0.2) is 126 Å². The first-order chi connectivity index (χ1) is 63.2. The molecule has 0 amide bonds. The van der Waals surface area contributed by atoms with Crippen LogP contribution in [0.2, 0.25) is 0 Å². The van der Waals surface area contributed by atoms with Gasteiger partial charge in [-0.15, -0.1) is 15.3 Å². The molecule has 8 heterocycles. The Balaban J connectivity index is 0.000000232. The first-order valence-electron chi connectivity index (χ1n) is 39.3. The normalized spacial score (nSPS) is 11.9. The number of aromatic nitrogens is 12. The van der Waals surface area contributed by atoms with E-state index in [1.54, 1.807) is 94.4 Å². The topological polar surface area (TPSA) is 396 Å². The van der Waals surface area contributed by atoms with Crippen molar-refractivity contribution in [3.63, 3.8) is 0 Å². The molecule has 7 aromatic heterocycles. The number of hydrogen-bond acceptors (Lipinski definition) is 25. The number of aliphatic carboxylic acids is 2. The van der Waals surface area contributed by atoms with E-state index in [0.29, 0.717) is 125 Å². The van der Waals surface area contributed by atoms with Crippen molar-refractivity contribution in [2.24, 2.45) is 0 Å². The largest absolute Gasteiger partial charge is 1.00 e. The monoisotopic (exact) mass is 2190 g/mol. The predicted octanol–water partition coefficient (Wildman–Crippen LogP) is 12.2. The summed E-state index contributed by atoms with van der Waals surface area (Å²) in [6, 6.07) is 38.7. The summed E-state index contributed by atoms with van der Waals surface area (Å²) in [6.07, 6.45) is -13.0. The Labute approximate surface area is 885 Å². The van der Waals surface area contributed by atoms with Gasteiger partial charge in [0, 0.05) is 73.9 Å². The number of halogens is 13. The molecular weight excluding hydrogens is 2110 g/mol. The Bertz CT molecular complexity index is 6510. The van der Waals surface area contributed by atoms with E-state index in [2.05, 4.69) is 71.1 Å². The molecule has 1 aliphatic rings. The Hall–Kier alpha value is -11.0. The van der Waals surface area contributed by atoms with E-state index >= 15 is 0 Å². The van der Waals surface area contributed by atoms with Crippen LogP contribution in [0.3, 0.4) is 0 Å². The van der Waals surface area contributed by atoms with Gasteiger partial charge in [0.15, 0.2) is 0 Å². The van der Waals surface area contributed by atoms with E-state index in [1.807, 2.05) is 13.8 Å². The smallest absolute Gasteiger partial charge is 1.00 e. The van der Waals surface area contributed by atoms with Crippen LogP contribution >= 0.6 is 15.9 Å². The minimum absolute atomic E-state index is 0. The van der Waals surface area contributed by atoms with Gasteiger partial charge in [-0.2, -0.15) is 97.4 Å². The second kappa shape index (κ2) is 49.7. The molecule has 1 atom stereocenters. The van der Waals surface area contributed by atoms with Crippen molar-refractivity contribution in [2.75, 3.05) is 20.8 Å². The van der Waals surface area contributed by atoms with Crippen molar-refractivity contribution >= 4 is 79.2 Å². The fourth-order valence-corrected chi connectivity index (χ4v) is 12.9. The number of hydrogen-bond donors (Lipinski definition) is 3. The third kappa shape index (κ3) is 30.5. The van der Waals surface area contributed by atoms with Gasteiger partial charge in [0.05, 0.1) is 139 Å². The number of fused-ring (bicyclic) bond motifs is 4. The molecule has 0 aliphatic carbocycles. The molecule has 0 fully saturated rings. The number of ether oxygens (including phenoxy) is 6. The van der Waals surface area contributed by atoms with Crippen LogP contribution in [-0.2, 0) is 107 Å². The Morgan fingerprint density at radius 1 is 0.452 bits per heavy atom. The number of carboxylic acids is 2. The molecular formula is C89H79BrCs2F12N12O19. The number of furan rings is 3. The van der Waals surface area contributed by atoms with Gasteiger partial charge in [-0.1, -0.05) is 35.8 Å². The van der Waals surface area contributed by atoms with Gasteiger partial charge >= 0.3 is 186 Å². The Kier molecular flexibility index (Phi) is 40.2. The quantitative estimate of drug-likeness (QED) is 0.0134. The SMILES string of the molecule is CC.COC(=O)Cc1coc2cc(O)ccc12.COC(=O)Cc1coc2cc(OCc3nn(-c4ccc(C(F)(F)F)cc4)nc3C)ccc12.Cc1nn(-c2ccc(C(F)(F)F)cc2)nc1CBr.Cc1nn(-c2ccc(C(F)(F)F)cc2)nc1COc1ccc2c(CC(=O)O)coc2c1.Cc1nn(-c2ccc(C(F)(F)F)cc2)nc1COc1ccc2c(c1)OCC2CC(=O)O.O=CO[O-].[Cs+].[Cs+].[H-]. The molecule has 15 aromatic rings. The zero-order valence-corrected chi connectivity index (χ0v) is 87.2. The Morgan fingerprint density at radius 2 is 0.756 bits per heavy atom. The number of carbonyl (C=O) groups excluding carboxylic acids is 3. The molecule has 135 heavy (non-hydrogen) atoms. The van der Waals surface area contributed by atoms with Crippen molar-refractivity contribution in [3.8, 4) is 51.5 Å². The standard InChI is InChI=1S/C22H18F3N3O4.C21H18F3N3O4.C21H16F3N3O4.C11H9BrF3N3.C11H10O4.C2H6.CH2O3.2Cs.H/c1-13-19(27-28(26-13)16-5-3-15(4-6-16)22(23,24)25)12-31-17-7-8-18-14(9-21(29)30-2)11-32-20(18)10-17;2*1-12-18(26-27(25-12)15-4-2-14(3-5-15)21(22,23)24)11-30-16-6-7-17-13(8-20(28)29)10-31-19(17)9-16;1-7-10(6-12)17-18(16-7)9-4-2-8(3-5-9)11(13,14)15;1-14-11(13)4-7-6-15-10-5-8(12)2-3-9(7)10;1-2;2-1-4-3;;;/h3-8,10-11H,9,12H2,1-2H3;2-7,9,13H,8,10-11H2,1H3,(H,28,29);2-7,9-10H,8,11H2,1H3,(H,28,29);2-5H,6H2,1H3;2-3,5-6,12H,4H2,1H3;1-2H3;1,3H;;;/q;;;;;;;2*+1;-1/p-1. The van der Waals surface area contributed by atoms with Crippen LogP contribution in [0.15, 0.2) is 202 Å². The van der Waals surface area contributed by atoms with Crippen LogP contribution in [0.1, 0.15) is 118 Å². The van der Waals surface area contributed by atoms with Gasteiger partial charge in [-0.05, 0) is 167 Å². The number of aryl methyl sites for hydroxylation is 4. The maximum absolute atomic E-state index is 12.7. The molecule has 0 saturated heterocycles. The summed E-state index contributed by atoms with van der Waals surface area (Å²) in [5, 5.41) is 72.4.